The first-order valence-corrected chi connectivity index (χ1v) is 7.69. The Hall–Kier alpha value is -0.580. The molecule has 0 unspecified atom stereocenters. The van der Waals surface area contributed by atoms with Crippen molar-refractivity contribution >= 4 is 33.4 Å². The number of hydrogen-bond acceptors (Lipinski definition) is 2. The predicted octanol–water partition coefficient (Wildman–Crippen LogP) is 3.33. The molecule has 1 amide bonds. The van der Waals surface area contributed by atoms with E-state index in [2.05, 4.69) is 20.8 Å². The molecule has 1 aromatic carbocycles. The lowest BCUT2D eigenvalue weighted by Gasteiger charge is -2.27. The summed E-state index contributed by atoms with van der Waals surface area (Å²) in [5, 5.41) is 0.724. The van der Waals surface area contributed by atoms with E-state index >= 15 is 0 Å². The van der Waals surface area contributed by atoms with Crippen LogP contribution in [0.3, 0.4) is 0 Å². The van der Waals surface area contributed by atoms with Gasteiger partial charge in [0.1, 0.15) is 0 Å². The monoisotopic (exact) mass is 344 g/mol. The predicted molar refractivity (Wildman–Crippen MR) is 81.0 cm³/mol. The van der Waals surface area contributed by atoms with Crippen LogP contribution in [0.25, 0.3) is 0 Å². The van der Waals surface area contributed by atoms with E-state index in [9.17, 15) is 4.79 Å². The fourth-order valence-electron chi connectivity index (χ4n) is 2.65. The summed E-state index contributed by atoms with van der Waals surface area (Å²) >= 11 is 9.64. The number of hydrogen-bond donors (Lipinski definition) is 1. The summed E-state index contributed by atoms with van der Waals surface area (Å²) in [6.07, 6.45) is 4.74. The van der Waals surface area contributed by atoms with Crippen LogP contribution in [0, 0.1) is 0 Å². The van der Waals surface area contributed by atoms with Crippen LogP contribution in [-0.2, 0) is 11.3 Å². The maximum atomic E-state index is 11.2. The molecule has 5 heteroatoms. The van der Waals surface area contributed by atoms with E-state index < -0.39 is 0 Å². The van der Waals surface area contributed by atoms with Gasteiger partial charge in [-0.1, -0.05) is 46.4 Å². The molecule has 0 saturated heterocycles. The number of amides is 1. The van der Waals surface area contributed by atoms with Crippen LogP contribution in [0.5, 0.6) is 0 Å². The Balaban J connectivity index is 2.12. The molecule has 0 bridgehead atoms. The van der Waals surface area contributed by atoms with Crippen LogP contribution in [0.1, 0.15) is 31.2 Å². The molecule has 1 saturated carbocycles. The molecule has 1 aliphatic carbocycles. The van der Waals surface area contributed by atoms with E-state index in [0.29, 0.717) is 19.1 Å². The highest BCUT2D eigenvalue weighted by Crippen LogP contribution is 2.27. The third-order valence-electron chi connectivity index (χ3n) is 3.59. The summed E-state index contributed by atoms with van der Waals surface area (Å²) in [6.45, 7) is 0.983. The maximum Gasteiger partial charge on any atom is 0.231 e. The summed E-state index contributed by atoms with van der Waals surface area (Å²) in [7, 11) is 0. The molecular formula is C14H18BrClN2O. The van der Waals surface area contributed by atoms with Crippen molar-refractivity contribution in [2.45, 2.75) is 38.3 Å². The largest absolute Gasteiger partial charge is 0.369 e. The van der Waals surface area contributed by atoms with Gasteiger partial charge in [0.05, 0.1) is 6.54 Å². The Labute approximate surface area is 127 Å². The maximum absolute atomic E-state index is 11.2. The van der Waals surface area contributed by atoms with Gasteiger partial charge in [0.15, 0.2) is 0 Å². The van der Waals surface area contributed by atoms with Gasteiger partial charge >= 0.3 is 0 Å². The van der Waals surface area contributed by atoms with Crippen molar-refractivity contribution in [3.63, 3.8) is 0 Å². The molecule has 3 nitrogen and oxygen atoms in total. The molecular weight excluding hydrogens is 328 g/mol. The highest BCUT2D eigenvalue weighted by Gasteiger charge is 2.24. The van der Waals surface area contributed by atoms with Crippen molar-refractivity contribution in [1.82, 2.24) is 4.90 Å². The molecule has 19 heavy (non-hydrogen) atoms. The Kier molecular flexibility index (Phi) is 5.25. The Morgan fingerprint density at radius 3 is 2.68 bits per heavy atom. The van der Waals surface area contributed by atoms with Gasteiger partial charge in [0, 0.05) is 22.1 Å². The van der Waals surface area contributed by atoms with Gasteiger partial charge in [0.2, 0.25) is 5.91 Å². The number of carbonyl (C=O) groups is 1. The summed E-state index contributed by atoms with van der Waals surface area (Å²) in [5.41, 5.74) is 6.40. The molecule has 0 spiro atoms. The minimum Gasteiger partial charge on any atom is -0.369 e. The number of nitrogens with zero attached hydrogens (tertiary/aromatic N) is 1. The van der Waals surface area contributed by atoms with E-state index in [-0.39, 0.29) is 5.91 Å². The molecule has 0 aliphatic heterocycles. The standard InChI is InChI=1S/C14H18BrClN2O/c15-11-6-5-10(13(16)7-11)8-18(9-14(17)19)12-3-1-2-4-12/h5-7,12H,1-4,8-9H2,(H2,17,19). The molecule has 1 fully saturated rings. The van der Waals surface area contributed by atoms with Crippen molar-refractivity contribution in [3.8, 4) is 0 Å². The second-order valence-electron chi connectivity index (χ2n) is 5.05. The molecule has 2 rings (SSSR count). The van der Waals surface area contributed by atoms with Crippen LogP contribution in [-0.4, -0.2) is 23.4 Å². The van der Waals surface area contributed by atoms with Crippen LogP contribution < -0.4 is 5.73 Å². The summed E-state index contributed by atoms with van der Waals surface area (Å²) in [6, 6.07) is 6.30. The zero-order chi connectivity index (χ0) is 13.8. The minimum absolute atomic E-state index is 0.278. The van der Waals surface area contributed by atoms with Crippen LogP contribution in [0.15, 0.2) is 22.7 Å². The molecule has 0 atom stereocenters. The van der Waals surface area contributed by atoms with Gasteiger partial charge in [-0.15, -0.1) is 0 Å². The lowest BCUT2D eigenvalue weighted by molar-refractivity contribution is -0.119. The van der Waals surface area contributed by atoms with E-state index in [1.54, 1.807) is 0 Å². The number of nitrogens with two attached hydrogens (primary N) is 1. The third-order valence-corrected chi connectivity index (χ3v) is 4.43. The Morgan fingerprint density at radius 2 is 2.11 bits per heavy atom. The number of rotatable bonds is 5. The lowest BCUT2D eigenvalue weighted by Crippen LogP contribution is -2.39. The topological polar surface area (TPSA) is 46.3 Å². The second kappa shape index (κ2) is 6.73. The SMILES string of the molecule is NC(=O)CN(Cc1ccc(Br)cc1Cl)C1CCCC1. The van der Waals surface area contributed by atoms with E-state index in [4.69, 9.17) is 17.3 Å². The van der Waals surface area contributed by atoms with Gasteiger partial charge in [-0.2, -0.15) is 0 Å². The van der Waals surface area contributed by atoms with Crippen molar-refractivity contribution in [1.29, 1.82) is 0 Å². The smallest absolute Gasteiger partial charge is 0.231 e. The van der Waals surface area contributed by atoms with Crippen molar-refractivity contribution in [3.05, 3.63) is 33.3 Å². The van der Waals surface area contributed by atoms with Gasteiger partial charge < -0.3 is 5.73 Å². The molecule has 0 aromatic heterocycles. The zero-order valence-electron chi connectivity index (χ0n) is 10.7. The first-order valence-electron chi connectivity index (χ1n) is 6.52. The first-order chi connectivity index (χ1) is 9.06. The fraction of sp³-hybridized carbons (Fsp3) is 0.500. The molecule has 104 valence electrons. The van der Waals surface area contributed by atoms with E-state index in [1.807, 2.05) is 18.2 Å². The highest BCUT2D eigenvalue weighted by molar-refractivity contribution is 9.10. The minimum atomic E-state index is -0.278. The molecule has 1 aliphatic rings. The van der Waals surface area contributed by atoms with Crippen LogP contribution in [0.4, 0.5) is 0 Å². The van der Waals surface area contributed by atoms with E-state index in [0.717, 1.165) is 27.9 Å². The second-order valence-corrected chi connectivity index (χ2v) is 6.37. The quantitative estimate of drug-likeness (QED) is 0.889. The normalized spacial score (nSPS) is 16.2. The fourth-order valence-corrected chi connectivity index (χ4v) is 3.39. The van der Waals surface area contributed by atoms with Crippen molar-refractivity contribution in [2.75, 3.05) is 6.54 Å². The van der Waals surface area contributed by atoms with Gasteiger partial charge in [0.25, 0.3) is 0 Å². The first kappa shape index (κ1) is 14.8. The van der Waals surface area contributed by atoms with Gasteiger partial charge in [-0.05, 0) is 30.5 Å². The summed E-state index contributed by atoms with van der Waals surface area (Å²) in [5.74, 6) is -0.278. The number of halogens is 2. The third kappa shape index (κ3) is 4.20. The molecule has 0 heterocycles. The van der Waals surface area contributed by atoms with Gasteiger partial charge in [-0.3, -0.25) is 9.69 Å². The Morgan fingerprint density at radius 1 is 1.42 bits per heavy atom. The van der Waals surface area contributed by atoms with Crippen LogP contribution in [0.2, 0.25) is 5.02 Å². The number of benzene rings is 1. The lowest BCUT2D eigenvalue weighted by atomic mass is 10.1. The molecule has 1 aromatic rings. The molecule has 0 radical (unpaired) electrons. The number of primary amides is 1. The van der Waals surface area contributed by atoms with Crippen molar-refractivity contribution < 1.29 is 4.79 Å². The van der Waals surface area contributed by atoms with Crippen LogP contribution >= 0.6 is 27.5 Å². The van der Waals surface area contributed by atoms with E-state index in [1.165, 1.54) is 12.8 Å². The molecule has 2 N–H and O–H groups in total. The highest BCUT2D eigenvalue weighted by atomic mass is 79.9. The zero-order valence-corrected chi connectivity index (χ0v) is 13.1. The average Bonchev–Trinajstić information content (AvgIpc) is 2.84. The average molecular weight is 346 g/mol. The summed E-state index contributed by atoms with van der Waals surface area (Å²) < 4.78 is 0.962. The van der Waals surface area contributed by atoms with Crippen molar-refractivity contribution in [2.24, 2.45) is 5.73 Å². The number of carbonyl (C=O) groups excluding carboxylic acids is 1. The van der Waals surface area contributed by atoms with Gasteiger partial charge in [-0.25, -0.2) is 0 Å². The Bertz CT molecular complexity index is 461. The summed E-state index contributed by atoms with van der Waals surface area (Å²) in [4.78, 5) is 13.4.